The standard InChI is InChI=1S/C15H16ClN3O/c1-3-11-6-7-17-14(8-11)19-15(20)18-12-5-4-10(2)13(16)9-12/h4-9H,3H2,1-2H3,(H2,17,18,19,20). The SMILES string of the molecule is CCc1ccnc(NC(=O)Nc2ccc(C)c(Cl)c2)c1. The van der Waals surface area contributed by atoms with Crippen LogP contribution in [0.3, 0.4) is 0 Å². The second kappa shape index (κ2) is 6.39. The van der Waals surface area contributed by atoms with E-state index in [4.69, 9.17) is 11.6 Å². The minimum atomic E-state index is -0.342. The molecule has 0 atom stereocenters. The number of hydrogen-bond acceptors (Lipinski definition) is 2. The van der Waals surface area contributed by atoms with E-state index in [2.05, 4.69) is 15.6 Å². The summed E-state index contributed by atoms with van der Waals surface area (Å²) in [5.74, 6) is 0.528. The number of nitrogens with zero attached hydrogens (tertiary/aromatic N) is 1. The number of rotatable bonds is 3. The maximum absolute atomic E-state index is 11.9. The molecule has 1 aromatic carbocycles. The number of amides is 2. The van der Waals surface area contributed by atoms with E-state index in [1.54, 1.807) is 18.3 Å². The Hall–Kier alpha value is -2.07. The summed E-state index contributed by atoms with van der Waals surface area (Å²) < 4.78 is 0. The molecule has 0 unspecified atom stereocenters. The molecule has 0 radical (unpaired) electrons. The largest absolute Gasteiger partial charge is 0.324 e. The van der Waals surface area contributed by atoms with Crippen LogP contribution >= 0.6 is 11.6 Å². The second-order valence-electron chi connectivity index (χ2n) is 4.45. The smallest absolute Gasteiger partial charge is 0.308 e. The molecule has 2 N–H and O–H groups in total. The summed E-state index contributed by atoms with van der Waals surface area (Å²) in [5, 5.41) is 6.04. The van der Waals surface area contributed by atoms with E-state index >= 15 is 0 Å². The molecule has 0 saturated carbocycles. The molecule has 104 valence electrons. The molecule has 0 aliphatic heterocycles. The van der Waals surface area contributed by atoms with Crippen LogP contribution in [0.1, 0.15) is 18.1 Å². The van der Waals surface area contributed by atoms with Gasteiger partial charge in [0.15, 0.2) is 0 Å². The monoisotopic (exact) mass is 289 g/mol. The number of aryl methyl sites for hydroxylation is 2. The molecule has 1 heterocycles. The Morgan fingerprint density at radius 2 is 2.05 bits per heavy atom. The third kappa shape index (κ3) is 3.71. The third-order valence-electron chi connectivity index (χ3n) is 2.90. The highest BCUT2D eigenvalue weighted by atomic mass is 35.5. The maximum Gasteiger partial charge on any atom is 0.324 e. The Labute approximate surface area is 123 Å². The van der Waals surface area contributed by atoms with Crippen molar-refractivity contribution in [1.29, 1.82) is 0 Å². The van der Waals surface area contributed by atoms with E-state index in [1.807, 2.05) is 32.0 Å². The molecule has 0 spiro atoms. The first kappa shape index (κ1) is 14.3. The average molecular weight is 290 g/mol. The van der Waals surface area contributed by atoms with Crippen molar-refractivity contribution < 1.29 is 4.79 Å². The summed E-state index contributed by atoms with van der Waals surface area (Å²) in [7, 11) is 0. The van der Waals surface area contributed by atoms with Crippen molar-refractivity contribution in [2.75, 3.05) is 10.6 Å². The van der Waals surface area contributed by atoms with Crippen LogP contribution in [0.4, 0.5) is 16.3 Å². The van der Waals surface area contributed by atoms with Crippen molar-refractivity contribution in [2.45, 2.75) is 20.3 Å². The molecule has 5 heteroatoms. The Kier molecular flexibility index (Phi) is 4.58. The number of carbonyl (C=O) groups excluding carboxylic acids is 1. The quantitative estimate of drug-likeness (QED) is 0.887. The number of halogens is 1. The van der Waals surface area contributed by atoms with E-state index in [1.165, 1.54) is 0 Å². The zero-order valence-electron chi connectivity index (χ0n) is 11.4. The van der Waals surface area contributed by atoms with Crippen LogP contribution in [0, 0.1) is 6.92 Å². The third-order valence-corrected chi connectivity index (χ3v) is 3.31. The predicted octanol–water partition coefficient (Wildman–Crippen LogP) is 4.25. The number of aromatic nitrogens is 1. The fourth-order valence-corrected chi connectivity index (χ4v) is 1.89. The molecule has 20 heavy (non-hydrogen) atoms. The highest BCUT2D eigenvalue weighted by molar-refractivity contribution is 6.31. The Balaban J connectivity index is 2.03. The highest BCUT2D eigenvalue weighted by Crippen LogP contribution is 2.20. The molecule has 4 nitrogen and oxygen atoms in total. The van der Waals surface area contributed by atoms with Gasteiger partial charge in [0.2, 0.25) is 0 Å². The van der Waals surface area contributed by atoms with Gasteiger partial charge in [0, 0.05) is 16.9 Å². The molecule has 0 bridgehead atoms. The second-order valence-corrected chi connectivity index (χ2v) is 4.85. The van der Waals surface area contributed by atoms with E-state index in [9.17, 15) is 4.79 Å². The fourth-order valence-electron chi connectivity index (χ4n) is 1.71. The van der Waals surface area contributed by atoms with Gasteiger partial charge in [0.1, 0.15) is 5.82 Å². The van der Waals surface area contributed by atoms with Gasteiger partial charge >= 0.3 is 6.03 Å². The molecule has 0 fully saturated rings. The van der Waals surface area contributed by atoms with Gasteiger partial charge in [-0.2, -0.15) is 0 Å². The van der Waals surface area contributed by atoms with Crippen molar-refractivity contribution in [2.24, 2.45) is 0 Å². The normalized spacial score (nSPS) is 10.2. The summed E-state index contributed by atoms with van der Waals surface area (Å²) in [6.45, 7) is 3.96. The van der Waals surface area contributed by atoms with Crippen LogP contribution in [-0.4, -0.2) is 11.0 Å². The summed E-state index contributed by atoms with van der Waals surface area (Å²) in [6, 6.07) is 8.80. The molecular weight excluding hydrogens is 274 g/mol. The highest BCUT2D eigenvalue weighted by Gasteiger charge is 2.05. The maximum atomic E-state index is 11.9. The first-order chi connectivity index (χ1) is 9.58. The van der Waals surface area contributed by atoms with E-state index in [0.717, 1.165) is 17.5 Å². The van der Waals surface area contributed by atoms with Crippen LogP contribution in [0.2, 0.25) is 5.02 Å². The summed E-state index contributed by atoms with van der Waals surface area (Å²) >= 11 is 6.01. The lowest BCUT2D eigenvalue weighted by Crippen LogP contribution is -2.20. The number of pyridine rings is 1. The lowest BCUT2D eigenvalue weighted by Gasteiger charge is -2.08. The van der Waals surface area contributed by atoms with Gasteiger partial charge in [-0.25, -0.2) is 9.78 Å². The lowest BCUT2D eigenvalue weighted by atomic mass is 10.2. The number of urea groups is 1. The van der Waals surface area contributed by atoms with Crippen molar-refractivity contribution in [3.63, 3.8) is 0 Å². The molecule has 2 amide bonds. The van der Waals surface area contributed by atoms with Gasteiger partial charge < -0.3 is 5.32 Å². The lowest BCUT2D eigenvalue weighted by molar-refractivity contribution is 0.262. The minimum absolute atomic E-state index is 0.342. The Morgan fingerprint density at radius 3 is 2.75 bits per heavy atom. The van der Waals surface area contributed by atoms with Crippen LogP contribution in [0.25, 0.3) is 0 Å². The Bertz CT molecular complexity index is 628. The number of nitrogens with one attached hydrogen (secondary N) is 2. The first-order valence-corrected chi connectivity index (χ1v) is 6.75. The zero-order chi connectivity index (χ0) is 14.5. The van der Waals surface area contributed by atoms with Crippen molar-refractivity contribution in [1.82, 2.24) is 4.98 Å². The predicted molar refractivity (Wildman–Crippen MR) is 82.4 cm³/mol. The molecule has 0 aliphatic carbocycles. The van der Waals surface area contributed by atoms with E-state index < -0.39 is 0 Å². The van der Waals surface area contributed by atoms with Gasteiger partial charge in [-0.05, 0) is 48.7 Å². The van der Waals surface area contributed by atoms with Crippen molar-refractivity contribution in [3.8, 4) is 0 Å². The summed E-state index contributed by atoms with van der Waals surface area (Å²) in [5.41, 5.74) is 2.73. The van der Waals surface area contributed by atoms with Crippen LogP contribution in [0.15, 0.2) is 36.5 Å². The van der Waals surface area contributed by atoms with Gasteiger partial charge in [0.25, 0.3) is 0 Å². The minimum Gasteiger partial charge on any atom is -0.308 e. The number of hydrogen-bond donors (Lipinski definition) is 2. The van der Waals surface area contributed by atoms with Gasteiger partial charge in [-0.15, -0.1) is 0 Å². The topological polar surface area (TPSA) is 54.0 Å². The Morgan fingerprint density at radius 1 is 1.25 bits per heavy atom. The summed E-state index contributed by atoms with van der Waals surface area (Å²) in [6.07, 6.45) is 2.57. The van der Waals surface area contributed by atoms with Crippen LogP contribution in [0.5, 0.6) is 0 Å². The number of anilines is 2. The van der Waals surface area contributed by atoms with E-state index in [0.29, 0.717) is 16.5 Å². The van der Waals surface area contributed by atoms with Gasteiger partial charge in [0.05, 0.1) is 0 Å². The molecular formula is C15H16ClN3O. The van der Waals surface area contributed by atoms with Crippen LogP contribution in [-0.2, 0) is 6.42 Å². The molecule has 1 aromatic heterocycles. The molecule has 2 rings (SSSR count). The van der Waals surface area contributed by atoms with Crippen LogP contribution < -0.4 is 10.6 Å². The molecule has 2 aromatic rings. The number of carbonyl (C=O) groups is 1. The molecule has 0 aliphatic rings. The van der Waals surface area contributed by atoms with Gasteiger partial charge in [-0.3, -0.25) is 5.32 Å². The van der Waals surface area contributed by atoms with Gasteiger partial charge in [-0.1, -0.05) is 24.6 Å². The summed E-state index contributed by atoms with van der Waals surface area (Å²) in [4.78, 5) is 16.0. The van der Waals surface area contributed by atoms with E-state index in [-0.39, 0.29) is 6.03 Å². The number of benzene rings is 1. The first-order valence-electron chi connectivity index (χ1n) is 6.37. The fraction of sp³-hybridized carbons (Fsp3) is 0.200. The van der Waals surface area contributed by atoms with Crippen molar-refractivity contribution in [3.05, 3.63) is 52.7 Å². The average Bonchev–Trinajstić information content (AvgIpc) is 2.43. The molecule has 0 saturated heterocycles. The zero-order valence-corrected chi connectivity index (χ0v) is 12.2. The van der Waals surface area contributed by atoms with Crippen molar-refractivity contribution >= 4 is 29.1 Å².